The predicted molar refractivity (Wildman–Crippen MR) is 126 cm³/mol. The summed E-state index contributed by atoms with van der Waals surface area (Å²) in [5.41, 5.74) is 4.00. The highest BCUT2D eigenvalue weighted by Gasteiger charge is 2.29. The van der Waals surface area contributed by atoms with Gasteiger partial charge in [0.2, 0.25) is 0 Å². The van der Waals surface area contributed by atoms with Crippen molar-refractivity contribution in [3.05, 3.63) is 23.4 Å². The lowest BCUT2D eigenvalue weighted by Gasteiger charge is -2.35. The molecule has 0 saturated carbocycles. The van der Waals surface area contributed by atoms with Gasteiger partial charge in [-0.15, -0.1) is 0 Å². The second kappa shape index (κ2) is 9.04. The summed E-state index contributed by atoms with van der Waals surface area (Å²) in [4.78, 5) is 19.4. The topological polar surface area (TPSA) is 72.9 Å². The molecule has 1 fully saturated rings. The number of nitrogens with one attached hydrogen (secondary N) is 1. The van der Waals surface area contributed by atoms with Crippen LogP contribution in [0.15, 0.2) is 12.1 Å². The highest BCUT2D eigenvalue weighted by atomic mass is 16.6. The third-order valence-corrected chi connectivity index (χ3v) is 6.02. The number of piperidine rings is 1. The Bertz CT molecular complexity index is 999. The van der Waals surface area contributed by atoms with Crippen molar-refractivity contribution in [2.45, 2.75) is 71.4 Å². The van der Waals surface area contributed by atoms with E-state index in [0.29, 0.717) is 24.7 Å². The number of fused-ring (bicyclic) bond motifs is 2. The molecular weight excluding hydrogens is 406 g/mol. The molecule has 1 aliphatic heterocycles. The zero-order chi connectivity index (χ0) is 22.9. The van der Waals surface area contributed by atoms with Gasteiger partial charge in [-0.2, -0.15) is 0 Å². The second-order valence-electron chi connectivity index (χ2n) is 9.63. The van der Waals surface area contributed by atoms with Gasteiger partial charge in [0.15, 0.2) is 11.5 Å². The van der Waals surface area contributed by atoms with E-state index in [1.807, 2.05) is 44.7 Å². The first-order valence-electron chi connectivity index (χ1n) is 11.7. The maximum atomic E-state index is 12.6. The van der Waals surface area contributed by atoms with Crippen LogP contribution >= 0.6 is 0 Å². The lowest BCUT2D eigenvalue weighted by molar-refractivity contribution is 0.0206. The molecule has 1 N–H and O–H groups in total. The molecule has 2 aromatic rings. The largest absolute Gasteiger partial charge is 0.493 e. The maximum Gasteiger partial charge on any atom is 0.410 e. The van der Waals surface area contributed by atoms with Gasteiger partial charge in [-0.05, 0) is 71.4 Å². The zero-order valence-corrected chi connectivity index (χ0v) is 19.9. The van der Waals surface area contributed by atoms with Gasteiger partial charge in [-0.1, -0.05) is 0 Å². The van der Waals surface area contributed by atoms with Gasteiger partial charge in [0, 0.05) is 42.0 Å². The number of pyridine rings is 1. The molecule has 2 aliphatic rings. The Morgan fingerprint density at radius 1 is 1.22 bits per heavy atom. The molecule has 0 spiro atoms. The standard InChI is InChI=1S/C25H35N3O4/c1-6-31-22-14-20-18(13-21(22)30-5)23(17-10-7-11-19(17)27-20)26-16-9-8-12-28(15-16)24(29)32-25(2,3)4/h13-14,16H,6-12,15H2,1-5H3,(H,26,27)/t16-/m1/s1. The van der Waals surface area contributed by atoms with E-state index in [-0.39, 0.29) is 12.1 Å². The monoisotopic (exact) mass is 441 g/mol. The molecule has 1 saturated heterocycles. The van der Waals surface area contributed by atoms with Gasteiger partial charge in [-0.3, -0.25) is 4.98 Å². The number of likely N-dealkylation sites (tertiary alicyclic amines) is 1. The summed E-state index contributed by atoms with van der Waals surface area (Å²) >= 11 is 0. The molecule has 7 nitrogen and oxygen atoms in total. The molecule has 1 aromatic carbocycles. The molecule has 4 rings (SSSR count). The number of benzene rings is 1. The third kappa shape index (κ3) is 4.71. The van der Waals surface area contributed by atoms with Crippen LogP contribution in [0, 0.1) is 0 Å². The SMILES string of the molecule is CCOc1cc2nc3c(c(N[C@@H]4CCCN(C(=O)OC(C)(C)C)C4)c2cc1OC)CCC3. The highest BCUT2D eigenvalue weighted by Crippen LogP contribution is 2.40. The van der Waals surface area contributed by atoms with E-state index < -0.39 is 5.60 Å². The fourth-order valence-corrected chi connectivity index (χ4v) is 4.65. The van der Waals surface area contributed by atoms with Crippen LogP contribution in [0.25, 0.3) is 10.9 Å². The number of nitrogens with zero attached hydrogens (tertiary/aromatic N) is 2. The summed E-state index contributed by atoms with van der Waals surface area (Å²) in [6, 6.07) is 4.17. The molecule has 174 valence electrons. The van der Waals surface area contributed by atoms with E-state index in [2.05, 4.69) is 5.32 Å². The number of aromatic nitrogens is 1. The average Bonchev–Trinajstić information content (AvgIpc) is 3.21. The predicted octanol–water partition coefficient (Wildman–Crippen LogP) is 4.94. The molecule has 0 bridgehead atoms. The number of carbonyl (C=O) groups excluding carboxylic acids is 1. The summed E-state index contributed by atoms with van der Waals surface area (Å²) < 4.78 is 17.0. The summed E-state index contributed by atoms with van der Waals surface area (Å²) in [6.07, 6.45) is 4.82. The number of ether oxygens (including phenoxy) is 3. The van der Waals surface area contributed by atoms with Crippen LogP contribution in [-0.4, -0.2) is 54.4 Å². The van der Waals surface area contributed by atoms with Gasteiger partial charge < -0.3 is 24.4 Å². The van der Waals surface area contributed by atoms with Crippen molar-refractivity contribution in [3.8, 4) is 11.5 Å². The number of carbonyl (C=O) groups is 1. The quantitative estimate of drug-likeness (QED) is 0.708. The van der Waals surface area contributed by atoms with Crippen molar-refractivity contribution in [3.63, 3.8) is 0 Å². The molecule has 1 amide bonds. The van der Waals surface area contributed by atoms with E-state index in [4.69, 9.17) is 19.2 Å². The summed E-state index contributed by atoms with van der Waals surface area (Å²) in [5.74, 6) is 1.42. The minimum Gasteiger partial charge on any atom is -0.493 e. The summed E-state index contributed by atoms with van der Waals surface area (Å²) in [6.45, 7) is 9.60. The maximum absolute atomic E-state index is 12.6. The van der Waals surface area contributed by atoms with Crippen LogP contribution in [-0.2, 0) is 17.6 Å². The molecule has 0 unspecified atom stereocenters. The van der Waals surface area contributed by atoms with E-state index in [1.165, 1.54) is 5.56 Å². The first-order valence-corrected chi connectivity index (χ1v) is 11.7. The van der Waals surface area contributed by atoms with Gasteiger partial charge in [0.05, 0.1) is 19.2 Å². The number of rotatable bonds is 5. The number of hydrogen-bond donors (Lipinski definition) is 1. The Balaban J connectivity index is 1.65. The van der Waals surface area contributed by atoms with Crippen molar-refractivity contribution in [2.75, 3.05) is 32.1 Å². The highest BCUT2D eigenvalue weighted by molar-refractivity contribution is 5.96. The lowest BCUT2D eigenvalue weighted by Crippen LogP contribution is -2.47. The first kappa shape index (κ1) is 22.5. The molecule has 0 radical (unpaired) electrons. The van der Waals surface area contributed by atoms with Crippen LogP contribution < -0.4 is 14.8 Å². The molecule has 1 aliphatic carbocycles. The number of anilines is 1. The Hall–Kier alpha value is -2.70. The van der Waals surface area contributed by atoms with E-state index in [0.717, 1.165) is 60.9 Å². The van der Waals surface area contributed by atoms with Crippen molar-refractivity contribution < 1.29 is 19.0 Å². The minimum absolute atomic E-state index is 0.157. The van der Waals surface area contributed by atoms with Crippen molar-refractivity contribution in [1.82, 2.24) is 9.88 Å². The Morgan fingerprint density at radius 3 is 2.75 bits per heavy atom. The van der Waals surface area contributed by atoms with Crippen LogP contribution in [0.5, 0.6) is 11.5 Å². The van der Waals surface area contributed by atoms with Crippen molar-refractivity contribution >= 4 is 22.7 Å². The summed E-state index contributed by atoms with van der Waals surface area (Å²) in [7, 11) is 1.66. The Labute approximate surface area is 190 Å². The van der Waals surface area contributed by atoms with Gasteiger partial charge in [-0.25, -0.2) is 4.79 Å². The number of methoxy groups -OCH3 is 1. The normalized spacial score (nSPS) is 18.4. The molecular formula is C25H35N3O4. The van der Waals surface area contributed by atoms with E-state index in [9.17, 15) is 4.79 Å². The van der Waals surface area contributed by atoms with Gasteiger partial charge in [0.25, 0.3) is 0 Å². The average molecular weight is 442 g/mol. The number of aryl methyl sites for hydroxylation is 1. The molecule has 7 heteroatoms. The lowest BCUT2D eigenvalue weighted by atomic mass is 10.0. The number of amides is 1. The minimum atomic E-state index is -0.492. The van der Waals surface area contributed by atoms with Crippen LogP contribution in [0.1, 0.15) is 58.2 Å². The number of hydrogen-bond acceptors (Lipinski definition) is 6. The van der Waals surface area contributed by atoms with Crippen LogP contribution in [0.4, 0.5) is 10.5 Å². The van der Waals surface area contributed by atoms with Gasteiger partial charge in [0.1, 0.15) is 5.60 Å². The summed E-state index contributed by atoms with van der Waals surface area (Å²) in [5, 5.41) is 4.83. The van der Waals surface area contributed by atoms with E-state index in [1.54, 1.807) is 7.11 Å². The van der Waals surface area contributed by atoms with Gasteiger partial charge >= 0.3 is 6.09 Å². The smallest absolute Gasteiger partial charge is 0.410 e. The molecule has 1 aromatic heterocycles. The van der Waals surface area contributed by atoms with Crippen molar-refractivity contribution in [2.24, 2.45) is 0 Å². The zero-order valence-electron chi connectivity index (χ0n) is 19.9. The van der Waals surface area contributed by atoms with Crippen molar-refractivity contribution in [1.29, 1.82) is 0 Å². The molecule has 32 heavy (non-hydrogen) atoms. The first-order chi connectivity index (χ1) is 15.3. The fraction of sp³-hybridized carbons (Fsp3) is 0.600. The molecule has 2 heterocycles. The second-order valence-corrected chi connectivity index (χ2v) is 9.63. The van der Waals surface area contributed by atoms with E-state index >= 15 is 0 Å². The fourth-order valence-electron chi connectivity index (χ4n) is 4.65. The van der Waals surface area contributed by atoms with Crippen LogP contribution in [0.3, 0.4) is 0 Å². The Kier molecular flexibility index (Phi) is 6.35. The Morgan fingerprint density at radius 2 is 2.03 bits per heavy atom. The molecule has 1 atom stereocenters. The third-order valence-electron chi connectivity index (χ3n) is 6.02. The van der Waals surface area contributed by atoms with Crippen LogP contribution in [0.2, 0.25) is 0 Å².